The lowest BCUT2D eigenvalue weighted by Gasteiger charge is -2.44. The molecule has 5 nitrogen and oxygen atoms in total. The first kappa shape index (κ1) is 15.5. The van der Waals surface area contributed by atoms with E-state index in [9.17, 15) is 9.59 Å². The summed E-state index contributed by atoms with van der Waals surface area (Å²) in [5.74, 6) is -0.0808. The molecule has 5 heteroatoms. The largest absolute Gasteiger partial charge is 0.340 e. The second-order valence-corrected chi connectivity index (χ2v) is 5.83. The van der Waals surface area contributed by atoms with Gasteiger partial charge >= 0.3 is 0 Å². The fraction of sp³-hybridized carbons (Fsp3) is 0.562. The van der Waals surface area contributed by atoms with Gasteiger partial charge in [-0.3, -0.25) is 14.6 Å². The maximum Gasteiger partial charge on any atom is 0.249 e. The van der Waals surface area contributed by atoms with Crippen molar-refractivity contribution < 1.29 is 9.59 Å². The summed E-state index contributed by atoms with van der Waals surface area (Å²) in [6.45, 7) is 8.06. The lowest BCUT2D eigenvalue weighted by Crippen LogP contribution is -2.68. The van der Waals surface area contributed by atoms with Crippen LogP contribution in [0.2, 0.25) is 0 Å². The molecule has 2 amide bonds. The summed E-state index contributed by atoms with van der Waals surface area (Å²) in [6, 6.07) is 1.51. The fourth-order valence-electron chi connectivity index (χ4n) is 2.68. The lowest BCUT2D eigenvalue weighted by molar-refractivity contribution is -0.155. The molecule has 0 spiro atoms. The highest BCUT2D eigenvalue weighted by Crippen LogP contribution is 2.25. The van der Waals surface area contributed by atoms with Crippen molar-refractivity contribution in [3.05, 3.63) is 29.6 Å². The molecule has 0 saturated carbocycles. The smallest absolute Gasteiger partial charge is 0.249 e. The summed E-state index contributed by atoms with van der Waals surface area (Å²) in [4.78, 5) is 30.9. The van der Waals surface area contributed by atoms with Crippen LogP contribution in [0.4, 0.5) is 0 Å². The van der Waals surface area contributed by atoms with E-state index in [1.807, 2.05) is 26.8 Å². The van der Waals surface area contributed by atoms with Gasteiger partial charge in [0.25, 0.3) is 0 Å². The van der Waals surface area contributed by atoms with Gasteiger partial charge in [-0.25, -0.2) is 0 Å². The predicted molar refractivity (Wildman–Crippen MR) is 80.4 cm³/mol. The molecule has 1 aliphatic rings. The van der Waals surface area contributed by atoms with Crippen molar-refractivity contribution in [2.45, 2.75) is 58.7 Å². The van der Waals surface area contributed by atoms with Crippen LogP contribution in [0.5, 0.6) is 0 Å². The Labute approximate surface area is 125 Å². The van der Waals surface area contributed by atoms with Gasteiger partial charge in [0.15, 0.2) is 0 Å². The third-order valence-electron chi connectivity index (χ3n) is 4.39. The number of carbonyl (C=O) groups is 2. The van der Waals surface area contributed by atoms with Crippen molar-refractivity contribution in [2.75, 3.05) is 0 Å². The van der Waals surface area contributed by atoms with Gasteiger partial charge in [0.1, 0.15) is 11.6 Å². The van der Waals surface area contributed by atoms with Crippen LogP contribution in [-0.4, -0.2) is 33.3 Å². The van der Waals surface area contributed by atoms with Crippen LogP contribution in [0.15, 0.2) is 18.5 Å². The molecule has 21 heavy (non-hydrogen) atoms. The number of aromatic nitrogens is 1. The highest BCUT2D eigenvalue weighted by atomic mass is 16.2. The van der Waals surface area contributed by atoms with E-state index in [0.29, 0.717) is 19.4 Å². The second-order valence-electron chi connectivity index (χ2n) is 5.83. The molecule has 0 aromatic carbocycles. The first-order valence-electron chi connectivity index (χ1n) is 7.45. The van der Waals surface area contributed by atoms with Crippen LogP contribution in [0, 0.1) is 6.92 Å². The van der Waals surface area contributed by atoms with Gasteiger partial charge in [-0.1, -0.05) is 13.8 Å². The number of aryl methyl sites for hydroxylation is 1. The average Bonchev–Trinajstić information content (AvgIpc) is 2.47. The number of hydrogen-bond acceptors (Lipinski definition) is 3. The number of amides is 2. The highest BCUT2D eigenvalue weighted by molar-refractivity contribution is 5.99. The Hall–Kier alpha value is -1.91. The zero-order valence-corrected chi connectivity index (χ0v) is 13.1. The van der Waals surface area contributed by atoms with Gasteiger partial charge in [0, 0.05) is 18.9 Å². The molecule has 114 valence electrons. The van der Waals surface area contributed by atoms with E-state index >= 15 is 0 Å². The molecular weight excluding hydrogens is 266 g/mol. The standard InChI is InChI=1S/C16H23N3O2/c1-5-13-14(20)18-16(4,6-2)15(21)19(13)10-12-9-17-8-7-11(12)3/h7-9,13H,5-6,10H2,1-4H3,(H,18,20). The Balaban J connectivity index is 2.34. The first-order valence-corrected chi connectivity index (χ1v) is 7.45. The molecular formula is C16H23N3O2. The number of nitrogens with one attached hydrogen (secondary N) is 1. The molecule has 0 radical (unpaired) electrons. The molecule has 2 unspecified atom stereocenters. The SMILES string of the molecule is CCC1C(=O)NC(C)(CC)C(=O)N1Cc1cnccc1C. The highest BCUT2D eigenvalue weighted by Gasteiger charge is 2.46. The van der Waals surface area contributed by atoms with Gasteiger partial charge in [-0.2, -0.15) is 0 Å². The van der Waals surface area contributed by atoms with Crippen LogP contribution in [0.1, 0.15) is 44.7 Å². The second kappa shape index (κ2) is 5.84. The number of piperazine rings is 1. The lowest BCUT2D eigenvalue weighted by atomic mass is 9.90. The van der Waals surface area contributed by atoms with Gasteiger partial charge in [-0.15, -0.1) is 0 Å². The summed E-state index contributed by atoms with van der Waals surface area (Å²) >= 11 is 0. The molecule has 1 saturated heterocycles. The van der Waals surface area contributed by atoms with Crippen molar-refractivity contribution in [1.82, 2.24) is 15.2 Å². The Morgan fingerprint density at radius 2 is 2.10 bits per heavy atom. The summed E-state index contributed by atoms with van der Waals surface area (Å²) in [5.41, 5.74) is 1.26. The number of hydrogen-bond donors (Lipinski definition) is 1. The van der Waals surface area contributed by atoms with Crippen molar-refractivity contribution in [2.24, 2.45) is 0 Å². The summed E-state index contributed by atoms with van der Waals surface area (Å²) in [7, 11) is 0. The fourth-order valence-corrected chi connectivity index (χ4v) is 2.68. The van der Waals surface area contributed by atoms with Crippen molar-refractivity contribution >= 4 is 11.8 Å². The van der Waals surface area contributed by atoms with Crippen molar-refractivity contribution in [1.29, 1.82) is 0 Å². The number of pyridine rings is 1. The van der Waals surface area contributed by atoms with Crippen LogP contribution in [-0.2, 0) is 16.1 Å². The minimum absolute atomic E-state index is 0.0142. The molecule has 1 aliphatic heterocycles. The van der Waals surface area contributed by atoms with E-state index in [4.69, 9.17) is 0 Å². The molecule has 1 fully saturated rings. The average molecular weight is 289 g/mol. The summed E-state index contributed by atoms with van der Waals surface area (Å²) < 4.78 is 0. The molecule has 0 bridgehead atoms. The van der Waals surface area contributed by atoms with Crippen LogP contribution < -0.4 is 5.32 Å². The molecule has 2 atom stereocenters. The van der Waals surface area contributed by atoms with Crippen LogP contribution in [0.25, 0.3) is 0 Å². The molecule has 1 N–H and O–H groups in total. The van der Waals surface area contributed by atoms with E-state index in [1.165, 1.54) is 0 Å². The normalized spacial score (nSPS) is 25.9. The zero-order valence-electron chi connectivity index (χ0n) is 13.1. The number of nitrogens with zero attached hydrogens (tertiary/aromatic N) is 2. The topological polar surface area (TPSA) is 62.3 Å². The third-order valence-corrected chi connectivity index (χ3v) is 4.39. The molecule has 1 aromatic heterocycles. The van der Waals surface area contributed by atoms with E-state index in [2.05, 4.69) is 10.3 Å². The number of rotatable bonds is 4. The minimum atomic E-state index is -0.807. The van der Waals surface area contributed by atoms with Crippen molar-refractivity contribution in [3.8, 4) is 0 Å². The maximum absolute atomic E-state index is 12.8. The van der Waals surface area contributed by atoms with Crippen molar-refractivity contribution in [3.63, 3.8) is 0 Å². The van der Waals surface area contributed by atoms with Gasteiger partial charge in [0.05, 0.1) is 0 Å². The van der Waals surface area contributed by atoms with E-state index < -0.39 is 11.6 Å². The zero-order chi connectivity index (χ0) is 15.6. The monoisotopic (exact) mass is 289 g/mol. The van der Waals surface area contributed by atoms with E-state index in [1.54, 1.807) is 24.2 Å². The Kier molecular flexibility index (Phi) is 4.30. The summed E-state index contributed by atoms with van der Waals surface area (Å²) in [5, 5.41) is 2.88. The van der Waals surface area contributed by atoms with Gasteiger partial charge in [0.2, 0.25) is 11.8 Å². The first-order chi connectivity index (χ1) is 9.92. The van der Waals surface area contributed by atoms with E-state index in [0.717, 1.165) is 11.1 Å². The Morgan fingerprint density at radius 1 is 1.38 bits per heavy atom. The maximum atomic E-state index is 12.8. The third kappa shape index (κ3) is 2.77. The molecule has 1 aromatic rings. The summed E-state index contributed by atoms with van der Waals surface area (Å²) in [6.07, 6.45) is 4.69. The molecule has 0 aliphatic carbocycles. The predicted octanol–water partition coefficient (Wildman–Crippen LogP) is 1.80. The quantitative estimate of drug-likeness (QED) is 0.919. The van der Waals surface area contributed by atoms with Gasteiger partial charge < -0.3 is 10.2 Å². The van der Waals surface area contributed by atoms with E-state index in [-0.39, 0.29) is 11.8 Å². The van der Waals surface area contributed by atoms with Gasteiger partial charge in [-0.05, 0) is 43.9 Å². The minimum Gasteiger partial charge on any atom is -0.340 e. The molecule has 2 heterocycles. The van der Waals surface area contributed by atoms with Crippen LogP contribution in [0.3, 0.4) is 0 Å². The molecule has 2 rings (SSSR count). The Bertz CT molecular complexity index is 558. The Morgan fingerprint density at radius 3 is 2.67 bits per heavy atom. The van der Waals surface area contributed by atoms with Crippen LogP contribution >= 0.6 is 0 Å². The number of carbonyl (C=O) groups excluding carboxylic acids is 2.